The minimum Gasteiger partial charge on any atom is -0.493 e. The summed E-state index contributed by atoms with van der Waals surface area (Å²) in [4.78, 5) is 3.72. The Labute approximate surface area is 97.7 Å². The van der Waals surface area contributed by atoms with Crippen molar-refractivity contribution in [3.63, 3.8) is 0 Å². The molecular weight excluding hydrogens is 224 g/mol. The van der Waals surface area contributed by atoms with Gasteiger partial charge in [0, 0.05) is 18.0 Å². The molecule has 1 aromatic rings. The quantitative estimate of drug-likeness (QED) is 0.697. The Kier molecular flexibility index (Phi) is 3.17. The normalized spacial score (nSPS) is 23.7. The van der Waals surface area contributed by atoms with Gasteiger partial charge in [-0.3, -0.25) is 0 Å². The number of thioether (sulfide) groups is 1. The van der Waals surface area contributed by atoms with Crippen molar-refractivity contribution in [2.45, 2.75) is 10.9 Å². The lowest BCUT2D eigenvalue weighted by Gasteiger charge is -2.25. The van der Waals surface area contributed by atoms with Gasteiger partial charge in [-0.05, 0) is 5.56 Å². The van der Waals surface area contributed by atoms with E-state index in [1.165, 1.54) is 24.0 Å². The summed E-state index contributed by atoms with van der Waals surface area (Å²) >= 11 is 1.20. The van der Waals surface area contributed by atoms with Crippen LogP contribution in [-0.2, 0) is 5.75 Å². The van der Waals surface area contributed by atoms with E-state index in [-0.39, 0.29) is 5.90 Å². The molecule has 0 saturated carbocycles. The highest BCUT2D eigenvalue weighted by molar-refractivity contribution is 7.99. The first-order valence-electron chi connectivity index (χ1n) is 4.81. The molecule has 0 fully saturated rings. The molecule has 0 spiro atoms. The van der Waals surface area contributed by atoms with Gasteiger partial charge in [0.2, 0.25) is 5.90 Å². The van der Waals surface area contributed by atoms with Gasteiger partial charge in [0.05, 0.1) is 0 Å². The predicted octanol–water partition coefficient (Wildman–Crippen LogP) is 1.60. The molecule has 1 heterocycles. The van der Waals surface area contributed by atoms with Crippen molar-refractivity contribution in [2.24, 2.45) is 4.99 Å². The maximum absolute atomic E-state index is 9.96. The molecule has 1 aliphatic rings. The summed E-state index contributed by atoms with van der Waals surface area (Å²) in [5, 5.41) is 20.4. The second-order valence-electron chi connectivity index (χ2n) is 3.33. The van der Waals surface area contributed by atoms with Gasteiger partial charge in [-0.2, -0.15) is 4.99 Å². The molecule has 1 atom stereocenters. The van der Waals surface area contributed by atoms with Crippen molar-refractivity contribution in [1.82, 2.24) is 5.32 Å². The SMILES string of the molecule is OC1=NC(O)(SCc2ccccc2)NC=C1. The van der Waals surface area contributed by atoms with Gasteiger partial charge in [0.15, 0.2) is 0 Å². The molecule has 0 radical (unpaired) electrons. The number of benzene rings is 1. The fraction of sp³-hybridized carbons (Fsp3) is 0.182. The van der Waals surface area contributed by atoms with Crippen LogP contribution in [0.4, 0.5) is 0 Å². The van der Waals surface area contributed by atoms with Crippen molar-refractivity contribution in [1.29, 1.82) is 0 Å². The summed E-state index contributed by atoms with van der Waals surface area (Å²) < 4.78 is 0. The van der Waals surface area contributed by atoms with Crippen molar-refractivity contribution in [3.05, 3.63) is 48.2 Å². The maximum atomic E-state index is 9.96. The number of hydrogen-bond acceptors (Lipinski definition) is 4. The molecule has 5 heteroatoms. The Morgan fingerprint density at radius 3 is 2.75 bits per heavy atom. The summed E-state index contributed by atoms with van der Waals surface area (Å²) in [7, 11) is 0. The molecule has 1 aromatic carbocycles. The Morgan fingerprint density at radius 2 is 2.06 bits per heavy atom. The Bertz CT molecular complexity index is 419. The predicted molar refractivity (Wildman–Crippen MR) is 65.0 cm³/mol. The zero-order chi connectivity index (χ0) is 11.4. The van der Waals surface area contributed by atoms with Crippen molar-refractivity contribution in [2.75, 3.05) is 0 Å². The molecule has 3 N–H and O–H groups in total. The standard InChI is InChI=1S/C11H12N2O2S/c14-10-6-7-12-11(15,13-10)16-8-9-4-2-1-3-5-9/h1-7,12,15H,8H2,(H,13,14). The molecule has 1 aliphatic heterocycles. The van der Waals surface area contributed by atoms with Gasteiger partial charge in [-0.1, -0.05) is 42.1 Å². The third kappa shape index (κ3) is 2.77. The van der Waals surface area contributed by atoms with Crippen LogP contribution in [0.2, 0.25) is 0 Å². The highest BCUT2D eigenvalue weighted by Crippen LogP contribution is 2.26. The molecule has 0 aromatic heterocycles. The van der Waals surface area contributed by atoms with E-state index in [9.17, 15) is 10.2 Å². The van der Waals surface area contributed by atoms with Crippen LogP contribution in [0, 0.1) is 0 Å². The lowest BCUT2D eigenvalue weighted by molar-refractivity contribution is 0.121. The van der Waals surface area contributed by atoms with E-state index in [0.717, 1.165) is 5.56 Å². The summed E-state index contributed by atoms with van der Waals surface area (Å²) in [6, 6.07) is 9.76. The second kappa shape index (κ2) is 4.59. The Morgan fingerprint density at radius 1 is 1.31 bits per heavy atom. The average molecular weight is 236 g/mol. The molecule has 2 rings (SSSR count). The first-order chi connectivity index (χ1) is 7.68. The maximum Gasteiger partial charge on any atom is 0.289 e. The summed E-state index contributed by atoms with van der Waals surface area (Å²) in [6.07, 6.45) is 2.86. The number of hydrogen-bond donors (Lipinski definition) is 3. The highest BCUT2D eigenvalue weighted by Gasteiger charge is 2.27. The van der Waals surface area contributed by atoms with E-state index in [1.54, 1.807) is 0 Å². The molecule has 1 unspecified atom stereocenters. The van der Waals surface area contributed by atoms with Crippen LogP contribution in [0.25, 0.3) is 0 Å². The van der Waals surface area contributed by atoms with Gasteiger partial charge < -0.3 is 15.5 Å². The lowest BCUT2D eigenvalue weighted by Crippen LogP contribution is -2.39. The van der Waals surface area contributed by atoms with Crippen molar-refractivity contribution in [3.8, 4) is 0 Å². The smallest absolute Gasteiger partial charge is 0.289 e. The van der Waals surface area contributed by atoms with Gasteiger partial charge >= 0.3 is 0 Å². The van der Waals surface area contributed by atoms with Crippen LogP contribution in [0.1, 0.15) is 5.56 Å². The zero-order valence-corrected chi connectivity index (χ0v) is 9.31. The fourth-order valence-corrected chi connectivity index (χ4v) is 2.15. The third-order valence-electron chi connectivity index (χ3n) is 2.05. The topological polar surface area (TPSA) is 64.9 Å². The van der Waals surface area contributed by atoms with E-state index in [2.05, 4.69) is 10.3 Å². The first-order valence-corrected chi connectivity index (χ1v) is 5.80. The molecule has 4 nitrogen and oxygen atoms in total. The Hall–Kier alpha value is -1.46. The molecular formula is C11H12N2O2S. The van der Waals surface area contributed by atoms with Gasteiger partial charge in [-0.25, -0.2) is 0 Å². The largest absolute Gasteiger partial charge is 0.493 e. The van der Waals surface area contributed by atoms with E-state index in [0.29, 0.717) is 5.75 Å². The van der Waals surface area contributed by atoms with E-state index in [4.69, 9.17) is 0 Å². The van der Waals surface area contributed by atoms with E-state index >= 15 is 0 Å². The molecule has 16 heavy (non-hydrogen) atoms. The molecule has 0 saturated heterocycles. The lowest BCUT2D eigenvalue weighted by atomic mass is 10.2. The number of aliphatic hydroxyl groups excluding tert-OH is 1. The highest BCUT2D eigenvalue weighted by atomic mass is 32.2. The number of nitrogens with one attached hydrogen (secondary N) is 1. The Balaban J connectivity index is 1.98. The van der Waals surface area contributed by atoms with Crippen LogP contribution in [0.5, 0.6) is 0 Å². The fourth-order valence-electron chi connectivity index (χ4n) is 1.28. The third-order valence-corrected chi connectivity index (χ3v) is 3.14. The van der Waals surface area contributed by atoms with Gasteiger partial charge in [0.1, 0.15) is 0 Å². The van der Waals surface area contributed by atoms with E-state index in [1.807, 2.05) is 30.3 Å². The van der Waals surface area contributed by atoms with Gasteiger partial charge in [-0.15, -0.1) is 0 Å². The zero-order valence-electron chi connectivity index (χ0n) is 8.50. The number of aliphatic hydroxyl groups is 2. The van der Waals surface area contributed by atoms with Crippen LogP contribution in [0.3, 0.4) is 0 Å². The van der Waals surface area contributed by atoms with Crippen LogP contribution >= 0.6 is 11.8 Å². The number of nitrogens with zero attached hydrogens (tertiary/aromatic N) is 1. The molecule has 0 amide bonds. The van der Waals surface area contributed by atoms with Crippen molar-refractivity contribution >= 4 is 17.7 Å². The van der Waals surface area contributed by atoms with Crippen LogP contribution in [-0.4, -0.2) is 21.3 Å². The number of aliphatic imine (C=N–C) groups is 1. The van der Waals surface area contributed by atoms with Crippen LogP contribution < -0.4 is 5.32 Å². The monoisotopic (exact) mass is 236 g/mol. The summed E-state index contributed by atoms with van der Waals surface area (Å²) in [5.74, 6) is 0.427. The second-order valence-corrected chi connectivity index (χ2v) is 4.48. The summed E-state index contributed by atoms with van der Waals surface area (Å²) in [6.45, 7) is 0. The first kappa shape index (κ1) is 11.0. The van der Waals surface area contributed by atoms with Crippen molar-refractivity contribution < 1.29 is 10.2 Å². The molecule has 84 valence electrons. The number of rotatable bonds is 3. The van der Waals surface area contributed by atoms with Crippen LogP contribution in [0.15, 0.2) is 47.6 Å². The minimum absolute atomic E-state index is 0.179. The summed E-state index contributed by atoms with van der Waals surface area (Å²) in [5.41, 5.74) is 1.09. The molecule has 0 aliphatic carbocycles. The van der Waals surface area contributed by atoms with Gasteiger partial charge in [0.25, 0.3) is 5.18 Å². The average Bonchev–Trinajstić information content (AvgIpc) is 2.28. The molecule has 0 bridgehead atoms. The van der Waals surface area contributed by atoms with E-state index < -0.39 is 5.18 Å². The minimum atomic E-state index is -1.48.